The Morgan fingerprint density at radius 3 is 1.94 bits per heavy atom. The number of allylic oxidation sites excluding steroid dienone is 3. The molecular weight excluding hydrogens is 293 g/mol. The molecule has 0 fully saturated rings. The van der Waals surface area contributed by atoms with Crippen molar-refractivity contribution >= 4 is 9.84 Å². The van der Waals surface area contributed by atoms with E-state index in [0.717, 1.165) is 3.94 Å². The molecule has 0 saturated carbocycles. The first kappa shape index (κ1) is 19.5. The number of carbonyl (C=O) groups excluding carboxylic acids is 1. The van der Waals surface area contributed by atoms with Gasteiger partial charge in [-0.2, -0.15) is 0 Å². The van der Waals surface area contributed by atoms with Gasteiger partial charge >= 0.3 is 103 Å². The number of rotatable bonds is 2. The number of carbonyl (C=O) groups is 1. The van der Waals surface area contributed by atoms with Gasteiger partial charge in [0.15, 0.2) is 0 Å². The van der Waals surface area contributed by atoms with Crippen molar-refractivity contribution in [3.05, 3.63) is 22.3 Å². The molecule has 0 aromatic carbocycles. The van der Waals surface area contributed by atoms with E-state index in [2.05, 4.69) is 33.0 Å². The first-order valence-electron chi connectivity index (χ1n) is 5.11. The minimum atomic E-state index is 0. The van der Waals surface area contributed by atoms with Crippen LogP contribution in [0.1, 0.15) is 34.6 Å². The summed E-state index contributed by atoms with van der Waals surface area (Å²) in [5, 5.41) is 2.88. The molecule has 0 heterocycles. The van der Waals surface area contributed by atoms with Crippen LogP contribution in [0, 0.1) is 5.92 Å². The quantitative estimate of drug-likeness (QED) is 0.519. The van der Waals surface area contributed by atoms with Crippen LogP contribution in [0.2, 0.25) is 0 Å². The summed E-state index contributed by atoms with van der Waals surface area (Å²) in [6, 6.07) is 0. The maximum atomic E-state index is 11.0. The molecule has 1 aliphatic carbocycles. The Kier molecular flexibility index (Phi) is 8.61. The Balaban J connectivity index is 0. The van der Waals surface area contributed by atoms with E-state index in [1.54, 1.807) is 6.92 Å². The average molecular weight is 310 g/mol. The van der Waals surface area contributed by atoms with Gasteiger partial charge in [0.25, 0.3) is 0 Å². The summed E-state index contributed by atoms with van der Waals surface area (Å²) in [5.74, 6) is 0.430. The molecule has 5 heteroatoms. The fraction of sp³-hybridized carbons (Fsp3) is 0.500. The van der Waals surface area contributed by atoms with Crippen molar-refractivity contribution < 1.29 is 49.6 Å². The maximum absolute atomic E-state index is 11.0. The Morgan fingerprint density at radius 1 is 1.18 bits per heavy atom. The van der Waals surface area contributed by atoms with E-state index in [0.29, 0.717) is 5.92 Å². The predicted octanol–water partition coefficient (Wildman–Crippen LogP) is -3.89. The number of amides is 1. The molecule has 0 aliphatic heterocycles. The smallest absolute Gasteiger partial charge is 1.00 e. The number of nitrogens with one attached hydrogen (secondary N) is 1. The Morgan fingerprint density at radius 2 is 1.65 bits per heavy atom. The molecule has 0 aromatic rings. The van der Waals surface area contributed by atoms with Crippen molar-refractivity contribution in [2.45, 2.75) is 34.6 Å². The molecule has 0 saturated heterocycles. The molecular formula is C12H17Cl2NOTi. The van der Waals surface area contributed by atoms with E-state index in [-0.39, 0.29) is 30.7 Å². The normalized spacial score (nSPS) is 18.6. The van der Waals surface area contributed by atoms with Gasteiger partial charge < -0.3 is 24.8 Å². The number of halogens is 2. The zero-order valence-corrected chi connectivity index (χ0v) is 13.8. The molecule has 1 unspecified atom stereocenters. The van der Waals surface area contributed by atoms with Crippen LogP contribution in [0.25, 0.3) is 0 Å². The first-order valence-corrected chi connectivity index (χ1v) is 5.89. The molecule has 1 atom stereocenters. The zero-order valence-electron chi connectivity index (χ0n) is 10.7. The fourth-order valence-corrected chi connectivity index (χ4v) is 2.92. The molecule has 0 bridgehead atoms. The molecule has 1 amide bonds. The third-order valence-corrected chi connectivity index (χ3v) is 3.83. The zero-order chi connectivity index (χ0) is 11.7. The number of hydrogen-bond donors (Lipinski definition) is 1. The van der Waals surface area contributed by atoms with Crippen LogP contribution in [-0.2, 0) is 24.8 Å². The third-order valence-electron chi connectivity index (χ3n) is 3.21. The maximum Gasteiger partial charge on any atom is -1.00 e. The van der Waals surface area contributed by atoms with Gasteiger partial charge in [0.05, 0.1) is 0 Å². The minimum Gasteiger partial charge on any atom is -1.00 e. The minimum absolute atomic E-state index is 0. The molecule has 2 nitrogen and oxygen atoms in total. The second-order valence-electron chi connectivity index (χ2n) is 4.12. The topological polar surface area (TPSA) is 29.1 Å². The third kappa shape index (κ3) is 4.06. The van der Waals surface area contributed by atoms with E-state index in [9.17, 15) is 4.79 Å². The molecule has 0 aromatic heterocycles. The van der Waals surface area contributed by atoms with Gasteiger partial charge in [0.1, 0.15) is 0 Å². The molecule has 17 heavy (non-hydrogen) atoms. The van der Waals surface area contributed by atoms with Gasteiger partial charge in [-0.1, -0.05) is 0 Å². The van der Waals surface area contributed by atoms with Gasteiger partial charge in [0.2, 0.25) is 0 Å². The van der Waals surface area contributed by atoms with Crippen LogP contribution in [0.3, 0.4) is 0 Å². The summed E-state index contributed by atoms with van der Waals surface area (Å²) < 4.78 is 0.990. The Labute approximate surface area is 127 Å². The summed E-state index contributed by atoms with van der Waals surface area (Å²) in [6.07, 6.45) is 0. The van der Waals surface area contributed by atoms with E-state index in [4.69, 9.17) is 0 Å². The second-order valence-corrected chi connectivity index (χ2v) is 4.91. The summed E-state index contributed by atoms with van der Waals surface area (Å²) in [5.41, 5.74) is 5.36. The van der Waals surface area contributed by atoms with E-state index >= 15 is 0 Å². The van der Waals surface area contributed by atoms with Crippen molar-refractivity contribution in [3.8, 4) is 0 Å². The number of hydrogen-bond acceptors (Lipinski definition) is 1. The monoisotopic (exact) mass is 309 g/mol. The molecule has 1 N–H and O–H groups in total. The predicted molar refractivity (Wildman–Crippen MR) is 59.1 cm³/mol. The van der Waals surface area contributed by atoms with E-state index < -0.39 is 0 Å². The van der Waals surface area contributed by atoms with Crippen LogP contribution >= 0.6 is 0 Å². The van der Waals surface area contributed by atoms with Crippen LogP contribution in [-0.4, -0.2) is 9.84 Å². The van der Waals surface area contributed by atoms with Gasteiger partial charge in [-0.15, -0.1) is 0 Å². The summed E-state index contributed by atoms with van der Waals surface area (Å²) in [7, 11) is 0. The fourth-order valence-electron chi connectivity index (χ4n) is 2.01. The van der Waals surface area contributed by atoms with Crippen LogP contribution < -0.4 is 30.1 Å². The van der Waals surface area contributed by atoms with Crippen molar-refractivity contribution in [3.63, 3.8) is 0 Å². The standard InChI is InChI=1S/C12H17NO.2ClH.Ti/c1-7-8(2)10(4)12(9(7)3)6-13-11(5)14;;;/h9H,1-5H3,(H,13,14);2*1H;/q;;;+2/p-2. The van der Waals surface area contributed by atoms with Crippen molar-refractivity contribution in [1.29, 1.82) is 0 Å². The van der Waals surface area contributed by atoms with E-state index in [1.807, 2.05) is 20.0 Å². The van der Waals surface area contributed by atoms with Gasteiger partial charge in [-0.3, -0.25) is 0 Å². The largest absolute Gasteiger partial charge is 1.00 e. The summed E-state index contributed by atoms with van der Waals surface area (Å²) in [6.45, 7) is 10.2. The van der Waals surface area contributed by atoms with Gasteiger partial charge in [-0.25, -0.2) is 0 Å². The first-order chi connectivity index (χ1) is 6.86. The molecule has 0 spiro atoms. The van der Waals surface area contributed by atoms with Crippen molar-refractivity contribution in [2.75, 3.05) is 0 Å². The average Bonchev–Trinajstić information content (AvgIpc) is 2.30. The SMILES string of the molecule is CC(=O)N[C](=[Ti+2])C1=C(C)C(C)=C(C)C1C.[Cl-].[Cl-]. The second kappa shape index (κ2) is 7.53. The summed E-state index contributed by atoms with van der Waals surface area (Å²) in [4.78, 5) is 11.0. The van der Waals surface area contributed by atoms with Gasteiger partial charge in [0, 0.05) is 0 Å². The van der Waals surface area contributed by atoms with Crippen LogP contribution in [0.5, 0.6) is 0 Å². The van der Waals surface area contributed by atoms with Gasteiger partial charge in [-0.05, 0) is 0 Å². The van der Waals surface area contributed by atoms with Crippen molar-refractivity contribution in [1.82, 2.24) is 5.32 Å². The van der Waals surface area contributed by atoms with E-state index in [1.165, 1.54) is 22.3 Å². The Bertz CT molecular complexity index is 399. The molecule has 94 valence electrons. The van der Waals surface area contributed by atoms with Crippen molar-refractivity contribution in [2.24, 2.45) is 5.92 Å². The summed E-state index contributed by atoms with van der Waals surface area (Å²) >= 11 is 1.97. The molecule has 1 aliphatic rings. The molecule has 0 radical (unpaired) electrons. The molecule has 1 rings (SSSR count). The van der Waals surface area contributed by atoms with Crippen LogP contribution in [0.4, 0.5) is 0 Å². The Hall–Kier alpha value is 0.114. The van der Waals surface area contributed by atoms with Crippen LogP contribution in [0.15, 0.2) is 22.3 Å².